The van der Waals surface area contributed by atoms with Crippen LogP contribution in [-0.2, 0) is 4.79 Å². The minimum absolute atomic E-state index is 0.0668. The predicted molar refractivity (Wildman–Crippen MR) is 79.0 cm³/mol. The number of likely N-dealkylation sites (tertiary alicyclic amines) is 1. The van der Waals surface area contributed by atoms with E-state index in [1.54, 1.807) is 0 Å². The summed E-state index contributed by atoms with van der Waals surface area (Å²) in [6, 6.07) is 2.89. The summed E-state index contributed by atoms with van der Waals surface area (Å²) >= 11 is 0. The van der Waals surface area contributed by atoms with Crippen molar-refractivity contribution in [1.82, 2.24) is 10.2 Å². The second kappa shape index (κ2) is 5.73. The fraction of sp³-hybridized carbons (Fsp3) is 0.875. The zero-order valence-electron chi connectivity index (χ0n) is 13.0. The second-order valence-electron chi connectivity index (χ2n) is 7.67. The standard InChI is InChI=1S/C16H27N3O/c1-15(2,3)10-14(20)19-8-4-13(5-9-19)18-12-16(11-17)6-7-16/h13,18H,4-10,12H2,1-3H3. The van der Waals surface area contributed by atoms with Crippen LogP contribution in [0.5, 0.6) is 0 Å². The van der Waals surface area contributed by atoms with E-state index in [9.17, 15) is 4.79 Å². The molecule has 112 valence electrons. The third-order valence-electron chi connectivity index (χ3n) is 4.35. The number of carbonyl (C=O) groups is 1. The van der Waals surface area contributed by atoms with E-state index >= 15 is 0 Å². The lowest BCUT2D eigenvalue weighted by molar-refractivity contribution is -0.134. The molecule has 0 bridgehead atoms. The molecule has 1 aliphatic carbocycles. The van der Waals surface area contributed by atoms with Crippen molar-refractivity contribution in [3.63, 3.8) is 0 Å². The van der Waals surface area contributed by atoms with Gasteiger partial charge in [-0.1, -0.05) is 20.8 Å². The van der Waals surface area contributed by atoms with Gasteiger partial charge in [0.15, 0.2) is 0 Å². The first-order chi connectivity index (χ1) is 9.34. The van der Waals surface area contributed by atoms with Crippen LogP contribution in [0.1, 0.15) is 52.9 Å². The van der Waals surface area contributed by atoms with E-state index in [1.165, 1.54) is 0 Å². The molecule has 0 spiro atoms. The lowest BCUT2D eigenvalue weighted by atomic mass is 9.91. The van der Waals surface area contributed by atoms with E-state index < -0.39 is 0 Å². The third-order valence-corrected chi connectivity index (χ3v) is 4.35. The van der Waals surface area contributed by atoms with Crippen molar-refractivity contribution in [3.8, 4) is 6.07 Å². The monoisotopic (exact) mass is 277 g/mol. The molecular formula is C16H27N3O. The number of nitrogens with zero attached hydrogens (tertiary/aromatic N) is 2. The Bertz CT molecular complexity index is 393. The van der Waals surface area contributed by atoms with Crippen LogP contribution in [0.4, 0.5) is 0 Å². The molecule has 4 nitrogen and oxygen atoms in total. The van der Waals surface area contributed by atoms with Crippen molar-refractivity contribution in [2.75, 3.05) is 19.6 Å². The molecule has 4 heteroatoms. The Morgan fingerprint density at radius 2 is 1.95 bits per heavy atom. The van der Waals surface area contributed by atoms with Crippen molar-refractivity contribution in [2.24, 2.45) is 10.8 Å². The summed E-state index contributed by atoms with van der Waals surface area (Å²) in [6.45, 7) is 8.85. The van der Waals surface area contributed by atoms with Crippen molar-refractivity contribution >= 4 is 5.91 Å². The zero-order valence-corrected chi connectivity index (χ0v) is 13.0. The molecular weight excluding hydrogens is 250 g/mol. The summed E-state index contributed by atoms with van der Waals surface area (Å²) in [6.07, 6.45) is 4.73. The maximum absolute atomic E-state index is 12.2. The van der Waals surface area contributed by atoms with Crippen LogP contribution in [0.2, 0.25) is 0 Å². The highest BCUT2D eigenvalue weighted by molar-refractivity contribution is 5.76. The molecule has 20 heavy (non-hydrogen) atoms. The van der Waals surface area contributed by atoms with E-state index in [-0.39, 0.29) is 16.7 Å². The van der Waals surface area contributed by atoms with Crippen LogP contribution in [0.25, 0.3) is 0 Å². The Morgan fingerprint density at radius 1 is 1.35 bits per heavy atom. The van der Waals surface area contributed by atoms with Crippen LogP contribution in [0.15, 0.2) is 0 Å². The molecule has 2 fully saturated rings. The van der Waals surface area contributed by atoms with E-state index in [0.717, 1.165) is 45.3 Å². The minimum Gasteiger partial charge on any atom is -0.343 e. The molecule has 0 unspecified atom stereocenters. The first-order valence-electron chi connectivity index (χ1n) is 7.76. The largest absolute Gasteiger partial charge is 0.343 e. The zero-order chi connectivity index (χ0) is 14.8. The summed E-state index contributed by atoms with van der Waals surface area (Å²) in [5, 5.41) is 12.6. The van der Waals surface area contributed by atoms with Crippen LogP contribution >= 0.6 is 0 Å². The van der Waals surface area contributed by atoms with Gasteiger partial charge in [-0.25, -0.2) is 0 Å². The quantitative estimate of drug-likeness (QED) is 0.858. The SMILES string of the molecule is CC(C)(C)CC(=O)N1CCC(NCC2(C#N)CC2)CC1. The van der Waals surface area contributed by atoms with Crippen LogP contribution in [0, 0.1) is 22.2 Å². The van der Waals surface area contributed by atoms with Gasteiger partial charge < -0.3 is 10.2 Å². The van der Waals surface area contributed by atoms with Gasteiger partial charge in [-0.05, 0) is 31.1 Å². The maximum Gasteiger partial charge on any atom is 0.223 e. The number of carbonyl (C=O) groups excluding carboxylic acids is 1. The smallest absolute Gasteiger partial charge is 0.223 e. The average molecular weight is 277 g/mol. The van der Waals surface area contributed by atoms with Gasteiger partial charge >= 0.3 is 0 Å². The normalized spacial score (nSPS) is 22.4. The Kier molecular flexibility index (Phi) is 4.39. The third kappa shape index (κ3) is 4.21. The van der Waals surface area contributed by atoms with E-state index in [2.05, 4.69) is 32.2 Å². The summed E-state index contributed by atoms with van der Waals surface area (Å²) in [5.41, 5.74) is -0.00345. The number of hydrogen-bond acceptors (Lipinski definition) is 3. The van der Waals surface area contributed by atoms with Gasteiger partial charge in [0, 0.05) is 32.1 Å². The van der Waals surface area contributed by atoms with Gasteiger partial charge in [0.1, 0.15) is 0 Å². The molecule has 1 amide bonds. The summed E-state index contributed by atoms with van der Waals surface area (Å²) in [4.78, 5) is 14.2. The van der Waals surface area contributed by atoms with E-state index in [1.807, 2.05) is 4.90 Å². The van der Waals surface area contributed by atoms with E-state index in [4.69, 9.17) is 5.26 Å². The Labute approximate surface area is 122 Å². The van der Waals surface area contributed by atoms with Crippen LogP contribution < -0.4 is 5.32 Å². The molecule has 0 aromatic heterocycles. The van der Waals surface area contributed by atoms with Crippen LogP contribution in [0.3, 0.4) is 0 Å². The topological polar surface area (TPSA) is 56.1 Å². The summed E-state index contributed by atoms with van der Waals surface area (Å²) in [5.74, 6) is 0.284. The van der Waals surface area contributed by atoms with Crippen molar-refractivity contribution in [1.29, 1.82) is 5.26 Å². The summed E-state index contributed by atoms with van der Waals surface area (Å²) in [7, 11) is 0. The maximum atomic E-state index is 12.2. The number of nitriles is 1. The average Bonchev–Trinajstić information content (AvgIpc) is 3.16. The van der Waals surface area contributed by atoms with Gasteiger partial charge in [-0.15, -0.1) is 0 Å². The lowest BCUT2D eigenvalue weighted by Gasteiger charge is -2.34. The molecule has 0 aromatic carbocycles. The Morgan fingerprint density at radius 3 is 2.40 bits per heavy atom. The molecule has 0 aromatic rings. The Balaban J connectivity index is 1.70. The van der Waals surface area contributed by atoms with Gasteiger partial charge in [0.2, 0.25) is 5.91 Å². The molecule has 0 atom stereocenters. The molecule has 0 radical (unpaired) electrons. The fourth-order valence-electron chi connectivity index (χ4n) is 2.72. The molecule has 2 rings (SSSR count). The predicted octanol–water partition coefficient (Wildman–Crippen LogP) is 2.31. The minimum atomic E-state index is -0.0702. The molecule has 2 aliphatic rings. The van der Waals surface area contributed by atoms with Gasteiger partial charge in [0.05, 0.1) is 11.5 Å². The molecule has 1 saturated heterocycles. The Hall–Kier alpha value is -1.08. The number of hydrogen-bond donors (Lipinski definition) is 1. The number of rotatable bonds is 4. The van der Waals surface area contributed by atoms with Gasteiger partial charge in [-0.2, -0.15) is 5.26 Å². The number of amides is 1. The van der Waals surface area contributed by atoms with E-state index in [0.29, 0.717) is 12.5 Å². The lowest BCUT2D eigenvalue weighted by Crippen LogP contribution is -2.46. The van der Waals surface area contributed by atoms with Gasteiger partial charge in [0.25, 0.3) is 0 Å². The number of piperidine rings is 1. The second-order valence-corrected chi connectivity index (χ2v) is 7.67. The first-order valence-corrected chi connectivity index (χ1v) is 7.76. The van der Waals surface area contributed by atoms with Crippen molar-refractivity contribution in [2.45, 2.75) is 58.9 Å². The highest BCUT2D eigenvalue weighted by atomic mass is 16.2. The summed E-state index contributed by atoms with van der Waals surface area (Å²) < 4.78 is 0. The van der Waals surface area contributed by atoms with Crippen molar-refractivity contribution < 1.29 is 4.79 Å². The van der Waals surface area contributed by atoms with Gasteiger partial charge in [-0.3, -0.25) is 4.79 Å². The molecule has 1 heterocycles. The number of nitrogens with one attached hydrogen (secondary N) is 1. The highest BCUT2D eigenvalue weighted by Gasteiger charge is 2.43. The molecule has 1 aliphatic heterocycles. The molecule has 1 N–H and O–H groups in total. The van der Waals surface area contributed by atoms with Crippen LogP contribution in [-0.4, -0.2) is 36.5 Å². The fourth-order valence-corrected chi connectivity index (χ4v) is 2.72. The first kappa shape index (κ1) is 15.3. The van der Waals surface area contributed by atoms with Crippen molar-refractivity contribution in [3.05, 3.63) is 0 Å². The molecule has 1 saturated carbocycles. The highest BCUT2D eigenvalue weighted by Crippen LogP contribution is 2.44.